The summed E-state index contributed by atoms with van der Waals surface area (Å²) in [6, 6.07) is 6.98. The highest BCUT2D eigenvalue weighted by Gasteiger charge is 2.70. The minimum absolute atomic E-state index is 0.0211. The number of ketones is 1. The zero-order valence-electron chi connectivity index (χ0n) is 8.73. The summed E-state index contributed by atoms with van der Waals surface area (Å²) < 4.78 is 10.3. The molecule has 1 aromatic rings. The maximum absolute atomic E-state index is 12.0. The van der Waals surface area contributed by atoms with E-state index in [2.05, 4.69) is 4.74 Å². The second kappa shape index (κ2) is 2.84. The molecule has 2 atom stereocenters. The number of para-hydroxylation sites is 1. The molecule has 0 unspecified atom stereocenters. The molecule has 0 saturated heterocycles. The molecule has 1 fully saturated rings. The summed E-state index contributed by atoms with van der Waals surface area (Å²) in [4.78, 5) is 23.6. The Labute approximate surface area is 92.2 Å². The number of benzene rings is 1. The van der Waals surface area contributed by atoms with Crippen molar-refractivity contribution in [2.75, 3.05) is 7.11 Å². The van der Waals surface area contributed by atoms with Gasteiger partial charge in [-0.25, -0.2) is 4.79 Å². The molecule has 1 heterocycles. The lowest BCUT2D eigenvalue weighted by atomic mass is 10.0. The van der Waals surface area contributed by atoms with Crippen LogP contribution in [-0.2, 0) is 9.53 Å². The highest BCUT2D eigenvalue weighted by atomic mass is 16.6. The van der Waals surface area contributed by atoms with Crippen LogP contribution in [0.5, 0.6) is 5.75 Å². The van der Waals surface area contributed by atoms with Crippen molar-refractivity contribution in [1.82, 2.24) is 0 Å². The van der Waals surface area contributed by atoms with Gasteiger partial charge < -0.3 is 9.47 Å². The standard InChI is InChI=1S/C12H10O4/c1-15-11(14)12-6-8(12)10(13)7-4-2-3-5-9(7)16-12/h2-5,8H,6H2,1H3/t8-,12+/m0/s1. The lowest BCUT2D eigenvalue weighted by Gasteiger charge is -2.23. The van der Waals surface area contributed by atoms with Crippen LogP contribution in [0.2, 0.25) is 0 Å². The predicted molar refractivity (Wildman–Crippen MR) is 54.3 cm³/mol. The quantitative estimate of drug-likeness (QED) is 0.664. The molecule has 3 rings (SSSR count). The van der Waals surface area contributed by atoms with Crippen molar-refractivity contribution in [3.05, 3.63) is 29.8 Å². The van der Waals surface area contributed by atoms with E-state index in [9.17, 15) is 9.59 Å². The van der Waals surface area contributed by atoms with Crippen LogP contribution in [0.25, 0.3) is 0 Å². The molecule has 4 nitrogen and oxygen atoms in total. The number of methoxy groups -OCH3 is 1. The Morgan fingerprint density at radius 2 is 2.25 bits per heavy atom. The van der Waals surface area contributed by atoms with E-state index >= 15 is 0 Å². The molecule has 0 radical (unpaired) electrons. The number of carbonyl (C=O) groups excluding carboxylic acids is 2. The summed E-state index contributed by atoms with van der Waals surface area (Å²) >= 11 is 0. The van der Waals surface area contributed by atoms with Gasteiger partial charge in [-0.2, -0.15) is 0 Å². The fraction of sp³-hybridized carbons (Fsp3) is 0.333. The number of ether oxygens (including phenoxy) is 2. The molecular formula is C12H10O4. The molecule has 1 aromatic carbocycles. The Hall–Kier alpha value is -1.84. The topological polar surface area (TPSA) is 52.6 Å². The maximum atomic E-state index is 12.0. The van der Waals surface area contributed by atoms with E-state index in [0.29, 0.717) is 17.7 Å². The first-order valence-electron chi connectivity index (χ1n) is 5.10. The number of Topliss-reactive ketones (excluding diaryl/α,β-unsaturated/α-hetero) is 1. The van der Waals surface area contributed by atoms with Gasteiger partial charge in [0.05, 0.1) is 18.6 Å². The number of hydrogen-bond donors (Lipinski definition) is 0. The van der Waals surface area contributed by atoms with Crippen molar-refractivity contribution < 1.29 is 19.1 Å². The predicted octanol–water partition coefficient (Wildman–Crippen LogP) is 1.19. The van der Waals surface area contributed by atoms with Crippen LogP contribution >= 0.6 is 0 Å². The van der Waals surface area contributed by atoms with Crippen molar-refractivity contribution >= 4 is 11.8 Å². The molecule has 0 N–H and O–H groups in total. The van der Waals surface area contributed by atoms with E-state index in [-0.39, 0.29) is 11.7 Å². The van der Waals surface area contributed by atoms with Gasteiger partial charge in [-0.15, -0.1) is 0 Å². The lowest BCUT2D eigenvalue weighted by molar-refractivity contribution is -0.151. The van der Waals surface area contributed by atoms with Crippen molar-refractivity contribution in [3.8, 4) is 5.75 Å². The molecular weight excluding hydrogens is 208 g/mol. The van der Waals surface area contributed by atoms with Crippen LogP contribution in [0.3, 0.4) is 0 Å². The van der Waals surface area contributed by atoms with Crippen LogP contribution in [0.15, 0.2) is 24.3 Å². The maximum Gasteiger partial charge on any atom is 0.351 e. The highest BCUT2D eigenvalue weighted by molar-refractivity contribution is 6.09. The minimum atomic E-state index is -1.04. The molecule has 1 aliphatic carbocycles. The Morgan fingerprint density at radius 3 is 3.00 bits per heavy atom. The molecule has 1 saturated carbocycles. The summed E-state index contributed by atoms with van der Waals surface area (Å²) in [6.07, 6.45) is 0.424. The average Bonchev–Trinajstić information content (AvgIpc) is 3.04. The van der Waals surface area contributed by atoms with Crippen LogP contribution < -0.4 is 4.74 Å². The van der Waals surface area contributed by atoms with Gasteiger partial charge in [0.15, 0.2) is 5.78 Å². The van der Waals surface area contributed by atoms with Crippen molar-refractivity contribution in [3.63, 3.8) is 0 Å². The van der Waals surface area contributed by atoms with Gasteiger partial charge in [-0.1, -0.05) is 12.1 Å². The smallest absolute Gasteiger partial charge is 0.351 e. The molecule has 2 aliphatic rings. The minimum Gasteiger partial charge on any atom is -0.474 e. The van der Waals surface area contributed by atoms with E-state index in [1.54, 1.807) is 24.3 Å². The third-order valence-corrected chi connectivity index (χ3v) is 3.20. The van der Waals surface area contributed by atoms with E-state index in [0.717, 1.165) is 0 Å². The second-order valence-electron chi connectivity index (χ2n) is 4.10. The van der Waals surface area contributed by atoms with Crippen molar-refractivity contribution in [2.24, 2.45) is 5.92 Å². The lowest BCUT2D eigenvalue weighted by Crippen LogP contribution is -2.38. The molecule has 0 amide bonds. The Morgan fingerprint density at radius 1 is 1.50 bits per heavy atom. The summed E-state index contributed by atoms with van der Waals surface area (Å²) in [5, 5.41) is 0. The first-order chi connectivity index (χ1) is 7.69. The summed E-state index contributed by atoms with van der Waals surface area (Å²) in [6.45, 7) is 0. The van der Waals surface area contributed by atoms with Crippen LogP contribution in [0, 0.1) is 5.92 Å². The normalized spacial score (nSPS) is 29.8. The van der Waals surface area contributed by atoms with Crippen LogP contribution in [0.1, 0.15) is 16.8 Å². The Bertz CT molecular complexity index is 494. The third kappa shape index (κ3) is 0.988. The van der Waals surface area contributed by atoms with Gasteiger partial charge in [0, 0.05) is 6.42 Å². The number of rotatable bonds is 1. The number of hydrogen-bond acceptors (Lipinski definition) is 4. The van der Waals surface area contributed by atoms with Gasteiger partial charge >= 0.3 is 5.97 Å². The van der Waals surface area contributed by atoms with Crippen molar-refractivity contribution in [1.29, 1.82) is 0 Å². The van der Waals surface area contributed by atoms with Crippen molar-refractivity contribution in [2.45, 2.75) is 12.0 Å². The van der Waals surface area contributed by atoms with E-state index in [4.69, 9.17) is 4.74 Å². The fourth-order valence-electron chi connectivity index (χ4n) is 2.24. The molecule has 82 valence electrons. The van der Waals surface area contributed by atoms with Gasteiger partial charge in [0.2, 0.25) is 5.60 Å². The van der Waals surface area contributed by atoms with E-state index in [1.165, 1.54) is 7.11 Å². The van der Waals surface area contributed by atoms with Gasteiger partial charge in [0.1, 0.15) is 5.75 Å². The second-order valence-corrected chi connectivity index (χ2v) is 4.10. The van der Waals surface area contributed by atoms with E-state index in [1.807, 2.05) is 0 Å². The SMILES string of the molecule is COC(=O)[C@@]12C[C@H]1C(=O)c1ccccc1O2. The Balaban J connectivity index is 2.05. The molecule has 0 bridgehead atoms. The number of esters is 1. The molecule has 0 aromatic heterocycles. The number of carbonyl (C=O) groups is 2. The number of fused-ring (bicyclic) bond motifs is 2. The Kier molecular flexibility index (Phi) is 1.67. The summed E-state index contributed by atoms with van der Waals surface area (Å²) in [7, 11) is 1.31. The zero-order chi connectivity index (χ0) is 11.3. The highest BCUT2D eigenvalue weighted by Crippen LogP contribution is 2.54. The molecule has 4 heteroatoms. The summed E-state index contributed by atoms with van der Waals surface area (Å²) in [5.41, 5.74) is -0.482. The zero-order valence-corrected chi connectivity index (χ0v) is 8.73. The third-order valence-electron chi connectivity index (χ3n) is 3.20. The van der Waals surface area contributed by atoms with Gasteiger partial charge in [-0.3, -0.25) is 4.79 Å². The molecule has 1 aliphatic heterocycles. The largest absolute Gasteiger partial charge is 0.474 e. The fourth-order valence-corrected chi connectivity index (χ4v) is 2.24. The first-order valence-corrected chi connectivity index (χ1v) is 5.10. The van der Waals surface area contributed by atoms with Crippen LogP contribution in [-0.4, -0.2) is 24.5 Å². The average molecular weight is 218 g/mol. The van der Waals surface area contributed by atoms with Gasteiger partial charge in [-0.05, 0) is 12.1 Å². The van der Waals surface area contributed by atoms with Crippen LogP contribution in [0.4, 0.5) is 0 Å². The molecule has 16 heavy (non-hydrogen) atoms. The van der Waals surface area contributed by atoms with E-state index < -0.39 is 11.6 Å². The monoisotopic (exact) mass is 218 g/mol. The summed E-state index contributed by atoms with van der Waals surface area (Å²) in [5.74, 6) is -0.367. The molecule has 0 spiro atoms. The first kappa shape index (κ1) is 9.39. The van der Waals surface area contributed by atoms with Gasteiger partial charge in [0.25, 0.3) is 0 Å².